The molecule has 0 saturated heterocycles. The van der Waals surface area contributed by atoms with Gasteiger partial charge >= 0.3 is 7.82 Å². The lowest BCUT2D eigenvalue weighted by molar-refractivity contribution is -0.206. The molecule has 0 aliphatic heterocycles. The average molecular weight is 615 g/mol. The summed E-state index contributed by atoms with van der Waals surface area (Å²) in [5.74, 6) is -1.27. The molecule has 8 atom stereocenters. The normalized spacial score (nSPS) is 27.1. The molecule has 246 valence electrons. The topological polar surface area (TPSA) is 175 Å². The average Bonchev–Trinajstić information content (AvgIpc) is 2.95. The van der Waals surface area contributed by atoms with Crippen LogP contribution in [0.4, 0.5) is 0 Å². The van der Waals surface area contributed by atoms with E-state index in [0.29, 0.717) is 6.61 Å². The van der Waals surface area contributed by atoms with E-state index >= 15 is 0 Å². The Morgan fingerprint density at radius 1 is 0.683 bits per heavy atom. The van der Waals surface area contributed by atoms with Gasteiger partial charge in [-0.05, 0) is 6.42 Å². The lowest BCUT2D eigenvalue weighted by Crippen LogP contribution is -2.62. The largest absolute Gasteiger partial charge is 0.472 e. The van der Waals surface area contributed by atoms with Crippen LogP contribution in [-0.4, -0.2) is 101 Å². The van der Waals surface area contributed by atoms with Crippen LogP contribution in [0.3, 0.4) is 0 Å². The maximum Gasteiger partial charge on any atom is 0.472 e. The van der Waals surface area contributed by atoms with Crippen LogP contribution in [0.2, 0.25) is 0 Å². The molecule has 0 aromatic rings. The lowest BCUT2D eigenvalue weighted by Gasteiger charge is -2.43. The molecule has 1 unspecified atom stereocenters. The zero-order valence-electron chi connectivity index (χ0n) is 25.4. The van der Waals surface area contributed by atoms with Gasteiger partial charge in [0, 0.05) is 19.6 Å². The summed E-state index contributed by atoms with van der Waals surface area (Å²) in [6, 6.07) is 0. The molecule has 1 fully saturated rings. The molecule has 0 bridgehead atoms. The summed E-state index contributed by atoms with van der Waals surface area (Å²) in [6.07, 6.45) is 11.3. The first kappa shape index (κ1) is 38.9. The highest BCUT2D eigenvalue weighted by Crippen LogP contribution is 2.47. The highest BCUT2D eigenvalue weighted by atomic mass is 31.2. The van der Waals surface area contributed by atoms with E-state index < -0.39 is 57.0 Å². The summed E-state index contributed by atoms with van der Waals surface area (Å²) in [6.45, 7) is 1.85. The highest BCUT2D eigenvalue weighted by Gasteiger charge is 2.51. The number of unbranched alkanes of at least 4 members (excludes halogenated alkanes) is 15. The zero-order chi connectivity index (χ0) is 30.5. The maximum absolute atomic E-state index is 12.4. The van der Waals surface area contributed by atoms with Gasteiger partial charge in [-0.3, -0.25) is 9.05 Å². The van der Waals surface area contributed by atoms with E-state index in [2.05, 4.69) is 6.92 Å². The van der Waals surface area contributed by atoms with Crippen LogP contribution in [0.1, 0.15) is 110 Å². The van der Waals surface area contributed by atoms with Crippen LogP contribution in [0, 0.1) is 5.92 Å². The Kier molecular flexibility index (Phi) is 22.0. The van der Waals surface area contributed by atoms with Crippen molar-refractivity contribution in [2.24, 2.45) is 5.92 Å². The minimum atomic E-state index is -4.79. The summed E-state index contributed by atoms with van der Waals surface area (Å²) >= 11 is 0. The molecule has 0 aromatic heterocycles. The van der Waals surface area contributed by atoms with Crippen molar-refractivity contribution in [1.82, 2.24) is 0 Å². The van der Waals surface area contributed by atoms with Crippen molar-refractivity contribution in [2.75, 3.05) is 33.5 Å². The fourth-order valence-corrected chi connectivity index (χ4v) is 6.12. The third kappa shape index (κ3) is 16.5. The van der Waals surface area contributed by atoms with Crippen LogP contribution in [0.5, 0.6) is 0 Å². The molecule has 6 N–H and O–H groups in total. The third-order valence-corrected chi connectivity index (χ3v) is 8.90. The predicted octanol–water partition coefficient (Wildman–Crippen LogP) is 3.85. The first-order valence-corrected chi connectivity index (χ1v) is 17.3. The zero-order valence-corrected chi connectivity index (χ0v) is 26.2. The summed E-state index contributed by atoms with van der Waals surface area (Å²) in [4.78, 5) is 10.1. The molecule has 1 rings (SSSR count). The maximum atomic E-state index is 12.4. The van der Waals surface area contributed by atoms with Crippen LogP contribution in [-0.2, 0) is 23.1 Å². The van der Waals surface area contributed by atoms with Crippen molar-refractivity contribution >= 4 is 7.82 Å². The van der Waals surface area contributed by atoms with E-state index in [1.807, 2.05) is 0 Å². The second-order valence-corrected chi connectivity index (χ2v) is 12.8. The molecule has 0 amide bonds. The molecule has 12 heteroatoms. The van der Waals surface area contributed by atoms with Gasteiger partial charge in [-0.1, -0.05) is 103 Å². The number of phosphoric acid groups is 1. The van der Waals surface area contributed by atoms with Gasteiger partial charge in [-0.25, -0.2) is 4.57 Å². The number of hydrogen-bond acceptors (Lipinski definition) is 10. The quantitative estimate of drug-likeness (QED) is 0.0617. The number of hydrogen-bond donors (Lipinski definition) is 6. The molecule has 0 radical (unpaired) electrons. The van der Waals surface area contributed by atoms with E-state index in [4.69, 9.17) is 18.5 Å². The van der Waals surface area contributed by atoms with E-state index in [1.165, 1.54) is 97.0 Å². The lowest BCUT2D eigenvalue weighted by atomic mass is 9.79. The van der Waals surface area contributed by atoms with Gasteiger partial charge in [0.25, 0.3) is 0 Å². The van der Waals surface area contributed by atoms with E-state index in [-0.39, 0.29) is 13.2 Å². The first-order valence-electron chi connectivity index (χ1n) is 15.8. The van der Waals surface area contributed by atoms with Gasteiger partial charge in [0.05, 0.1) is 32.0 Å². The standard InChI is InChI=1S/C29H59O11P/c1-3-4-5-6-7-8-9-10-11-12-13-14-15-16-17-18-19-38-21-23(37-2)22-39-41(35,36)40-29-26(32)24(20-30)25(31)27(33)28(29)34/h23-34H,3-22H2,1-2H3,(H,35,36)/t23-,24-,25-,26-,27+,28+,29-/m1/s1. The molecule has 0 spiro atoms. The predicted molar refractivity (Wildman–Crippen MR) is 156 cm³/mol. The monoisotopic (exact) mass is 614 g/mol. The summed E-state index contributed by atoms with van der Waals surface area (Å²) in [5, 5.41) is 49.5. The van der Waals surface area contributed by atoms with Gasteiger partial charge in [0.1, 0.15) is 24.4 Å². The van der Waals surface area contributed by atoms with Gasteiger partial charge in [0.2, 0.25) is 0 Å². The fourth-order valence-electron chi connectivity index (χ4n) is 5.15. The second-order valence-electron chi connectivity index (χ2n) is 11.4. The Hall–Kier alpha value is -0.170. The number of rotatable bonds is 26. The Morgan fingerprint density at radius 3 is 1.63 bits per heavy atom. The Labute approximate surface area is 247 Å². The number of phosphoric ester groups is 1. The summed E-state index contributed by atoms with van der Waals surface area (Å²) < 4.78 is 33.1. The molecule has 11 nitrogen and oxygen atoms in total. The van der Waals surface area contributed by atoms with Gasteiger partial charge < -0.3 is 39.9 Å². The molecular formula is C29H59O11P. The molecule has 1 aliphatic rings. The number of aliphatic hydroxyl groups is 5. The van der Waals surface area contributed by atoms with Crippen LogP contribution in [0.25, 0.3) is 0 Å². The van der Waals surface area contributed by atoms with E-state index in [1.54, 1.807) is 0 Å². The van der Waals surface area contributed by atoms with Gasteiger partial charge in [-0.15, -0.1) is 0 Å². The Morgan fingerprint density at radius 2 is 1.17 bits per heavy atom. The van der Waals surface area contributed by atoms with Crippen molar-refractivity contribution in [3.8, 4) is 0 Å². The molecular weight excluding hydrogens is 555 g/mol. The fraction of sp³-hybridized carbons (Fsp3) is 1.00. The third-order valence-electron chi connectivity index (χ3n) is 7.92. The van der Waals surface area contributed by atoms with Gasteiger partial charge in [0.15, 0.2) is 0 Å². The first-order chi connectivity index (χ1) is 19.7. The number of ether oxygens (including phenoxy) is 2. The van der Waals surface area contributed by atoms with Crippen molar-refractivity contribution in [1.29, 1.82) is 0 Å². The number of methoxy groups -OCH3 is 1. The van der Waals surface area contributed by atoms with Crippen molar-refractivity contribution in [3.05, 3.63) is 0 Å². The molecule has 1 aliphatic carbocycles. The highest BCUT2D eigenvalue weighted by molar-refractivity contribution is 7.47. The summed E-state index contributed by atoms with van der Waals surface area (Å²) in [5.41, 5.74) is 0. The second kappa shape index (κ2) is 23.2. The van der Waals surface area contributed by atoms with Crippen molar-refractivity contribution in [2.45, 2.75) is 146 Å². The molecule has 41 heavy (non-hydrogen) atoms. The Bertz CT molecular complexity index is 671. The summed E-state index contributed by atoms with van der Waals surface area (Å²) in [7, 11) is -3.38. The SMILES string of the molecule is CCCCCCCCCCCCCCCCCCOC[C@H](COP(=O)(O)O[C@@H]1[C@H](O)[C@H](CO)[C@@H](O)[C@H](O)[C@@H]1O)OC. The van der Waals surface area contributed by atoms with Crippen molar-refractivity contribution < 1.29 is 53.5 Å². The van der Waals surface area contributed by atoms with E-state index in [0.717, 1.165) is 12.8 Å². The number of aliphatic hydroxyl groups excluding tert-OH is 5. The molecule has 0 heterocycles. The smallest absolute Gasteiger partial charge is 0.396 e. The van der Waals surface area contributed by atoms with Crippen LogP contribution < -0.4 is 0 Å². The van der Waals surface area contributed by atoms with Crippen molar-refractivity contribution in [3.63, 3.8) is 0 Å². The minimum absolute atomic E-state index is 0.140. The van der Waals surface area contributed by atoms with Crippen LogP contribution >= 0.6 is 7.82 Å². The Balaban J connectivity index is 2.08. The molecule has 0 aromatic carbocycles. The molecule has 1 saturated carbocycles. The minimum Gasteiger partial charge on any atom is -0.396 e. The van der Waals surface area contributed by atoms with E-state index in [9.17, 15) is 35.0 Å². The van der Waals surface area contributed by atoms with Crippen LogP contribution in [0.15, 0.2) is 0 Å². The van der Waals surface area contributed by atoms with Gasteiger partial charge in [-0.2, -0.15) is 0 Å².